The fourth-order valence-corrected chi connectivity index (χ4v) is 3.58. The van der Waals surface area contributed by atoms with Gasteiger partial charge in [-0.05, 0) is 37.5 Å². The zero-order chi connectivity index (χ0) is 13.9. The topological polar surface area (TPSA) is 71.4 Å². The van der Waals surface area contributed by atoms with Crippen LogP contribution >= 0.6 is 0 Å². The van der Waals surface area contributed by atoms with Crippen LogP contribution in [0.2, 0.25) is 0 Å². The van der Waals surface area contributed by atoms with Crippen molar-refractivity contribution < 1.29 is 18.3 Å². The van der Waals surface area contributed by atoms with Crippen molar-refractivity contribution in [1.82, 2.24) is 0 Å². The third kappa shape index (κ3) is 3.10. The highest BCUT2D eigenvalue weighted by Crippen LogP contribution is 2.22. The number of carboxylic acid groups (broad SMARTS) is 1. The molecule has 0 aliphatic rings. The van der Waals surface area contributed by atoms with E-state index in [2.05, 4.69) is 0 Å². The van der Waals surface area contributed by atoms with Crippen LogP contribution in [0.4, 0.5) is 0 Å². The Bertz CT molecular complexity index is 559. The van der Waals surface area contributed by atoms with Crippen molar-refractivity contribution in [2.24, 2.45) is 0 Å². The van der Waals surface area contributed by atoms with Crippen molar-refractivity contribution in [3.05, 3.63) is 28.8 Å². The molecule has 1 rings (SSSR count). The minimum atomic E-state index is -3.39. The van der Waals surface area contributed by atoms with Crippen LogP contribution in [0, 0.1) is 13.8 Å². The average molecular weight is 270 g/mol. The molecule has 18 heavy (non-hydrogen) atoms. The van der Waals surface area contributed by atoms with Gasteiger partial charge in [0, 0.05) is 0 Å². The van der Waals surface area contributed by atoms with Crippen molar-refractivity contribution >= 4 is 15.8 Å². The SMILES string of the molecule is CCCCS(=O)(=O)c1cc(C(=O)O)c(C)cc1C. The summed E-state index contributed by atoms with van der Waals surface area (Å²) in [4.78, 5) is 11.2. The monoisotopic (exact) mass is 270 g/mol. The smallest absolute Gasteiger partial charge is 0.335 e. The van der Waals surface area contributed by atoms with E-state index in [-0.39, 0.29) is 16.2 Å². The van der Waals surface area contributed by atoms with E-state index in [1.165, 1.54) is 6.07 Å². The van der Waals surface area contributed by atoms with Gasteiger partial charge in [0.25, 0.3) is 0 Å². The molecular weight excluding hydrogens is 252 g/mol. The molecule has 0 aliphatic carbocycles. The lowest BCUT2D eigenvalue weighted by atomic mass is 10.1. The van der Waals surface area contributed by atoms with Crippen LogP contribution in [0.25, 0.3) is 0 Å². The average Bonchev–Trinajstić information content (AvgIpc) is 2.25. The number of hydrogen-bond donors (Lipinski definition) is 1. The number of aryl methyl sites for hydroxylation is 2. The van der Waals surface area contributed by atoms with Crippen molar-refractivity contribution in [2.45, 2.75) is 38.5 Å². The number of sulfone groups is 1. The van der Waals surface area contributed by atoms with E-state index in [9.17, 15) is 13.2 Å². The molecule has 0 amide bonds. The predicted molar refractivity (Wildman–Crippen MR) is 69.8 cm³/mol. The van der Waals surface area contributed by atoms with Crippen LogP contribution < -0.4 is 0 Å². The number of unbranched alkanes of at least 4 members (excludes halogenated alkanes) is 1. The van der Waals surface area contributed by atoms with Crippen molar-refractivity contribution in [3.8, 4) is 0 Å². The molecule has 0 unspecified atom stereocenters. The predicted octanol–water partition coefficient (Wildman–Crippen LogP) is 2.58. The maximum absolute atomic E-state index is 12.1. The van der Waals surface area contributed by atoms with E-state index in [4.69, 9.17) is 5.11 Å². The molecule has 1 aromatic rings. The molecule has 0 heterocycles. The summed E-state index contributed by atoms with van der Waals surface area (Å²) in [6.45, 7) is 5.27. The Morgan fingerprint density at radius 3 is 2.33 bits per heavy atom. The summed E-state index contributed by atoms with van der Waals surface area (Å²) >= 11 is 0. The largest absolute Gasteiger partial charge is 0.478 e. The highest BCUT2D eigenvalue weighted by atomic mass is 32.2. The quantitative estimate of drug-likeness (QED) is 0.892. The van der Waals surface area contributed by atoms with Gasteiger partial charge >= 0.3 is 5.97 Å². The first kappa shape index (κ1) is 14.7. The van der Waals surface area contributed by atoms with E-state index in [1.807, 2.05) is 6.92 Å². The summed E-state index contributed by atoms with van der Waals surface area (Å²) in [7, 11) is -3.39. The molecule has 0 atom stereocenters. The molecule has 0 aliphatic heterocycles. The Kier molecular flexibility index (Phi) is 4.51. The first-order chi connectivity index (χ1) is 8.29. The molecule has 4 nitrogen and oxygen atoms in total. The van der Waals surface area contributed by atoms with Crippen LogP contribution in [0.5, 0.6) is 0 Å². The number of carboxylic acids is 1. The lowest BCUT2D eigenvalue weighted by molar-refractivity contribution is 0.0696. The second kappa shape index (κ2) is 5.52. The summed E-state index contributed by atoms with van der Waals surface area (Å²) in [6.07, 6.45) is 1.37. The van der Waals surface area contributed by atoms with Gasteiger partial charge < -0.3 is 5.11 Å². The lowest BCUT2D eigenvalue weighted by Gasteiger charge is -2.10. The molecule has 0 spiro atoms. The summed E-state index contributed by atoms with van der Waals surface area (Å²) in [6, 6.07) is 2.89. The van der Waals surface area contributed by atoms with Gasteiger partial charge in [0.1, 0.15) is 0 Å². The maximum Gasteiger partial charge on any atom is 0.335 e. The van der Waals surface area contributed by atoms with E-state index in [0.29, 0.717) is 17.5 Å². The van der Waals surface area contributed by atoms with Crippen LogP contribution in [0.1, 0.15) is 41.3 Å². The highest BCUT2D eigenvalue weighted by molar-refractivity contribution is 7.91. The van der Waals surface area contributed by atoms with Gasteiger partial charge in [0.05, 0.1) is 16.2 Å². The summed E-state index contributed by atoms with van der Waals surface area (Å²) in [5, 5.41) is 9.03. The first-order valence-corrected chi connectivity index (χ1v) is 7.52. The Labute approximate surface area is 108 Å². The third-order valence-corrected chi connectivity index (χ3v) is 4.79. The standard InChI is InChI=1S/C13H18O4S/c1-4-5-6-18(16,17)12-8-11(13(14)15)9(2)7-10(12)3/h7-8H,4-6H2,1-3H3,(H,14,15). The molecule has 0 saturated heterocycles. The zero-order valence-corrected chi connectivity index (χ0v) is 11.7. The minimum absolute atomic E-state index is 0.0515. The van der Waals surface area contributed by atoms with Crippen molar-refractivity contribution in [1.29, 1.82) is 0 Å². The number of carbonyl (C=O) groups is 1. The normalized spacial score (nSPS) is 11.5. The molecule has 1 aromatic carbocycles. The highest BCUT2D eigenvalue weighted by Gasteiger charge is 2.20. The number of benzene rings is 1. The van der Waals surface area contributed by atoms with Crippen molar-refractivity contribution in [2.75, 3.05) is 5.75 Å². The third-order valence-electron chi connectivity index (χ3n) is 2.85. The molecule has 0 bridgehead atoms. The fourth-order valence-electron chi connectivity index (χ4n) is 1.84. The molecular formula is C13H18O4S. The van der Waals surface area contributed by atoms with Gasteiger partial charge in [0.15, 0.2) is 9.84 Å². The van der Waals surface area contributed by atoms with Crippen LogP contribution in [0.3, 0.4) is 0 Å². The summed E-state index contributed by atoms with van der Waals surface area (Å²) in [5.41, 5.74) is 1.23. The van der Waals surface area contributed by atoms with Gasteiger partial charge in [0.2, 0.25) is 0 Å². The summed E-state index contributed by atoms with van der Waals surface area (Å²) in [5.74, 6) is -1.04. The molecule has 0 saturated carbocycles. The molecule has 1 N–H and O–H groups in total. The molecule has 100 valence electrons. The lowest BCUT2D eigenvalue weighted by Crippen LogP contribution is -2.11. The van der Waals surface area contributed by atoms with Gasteiger partial charge in [-0.15, -0.1) is 0 Å². The Morgan fingerprint density at radius 2 is 1.83 bits per heavy atom. The molecule has 0 fully saturated rings. The van der Waals surface area contributed by atoms with Crippen LogP contribution in [-0.2, 0) is 9.84 Å². The molecule has 0 radical (unpaired) electrons. The number of rotatable bonds is 5. The van der Waals surface area contributed by atoms with Crippen molar-refractivity contribution in [3.63, 3.8) is 0 Å². The van der Waals surface area contributed by atoms with E-state index < -0.39 is 15.8 Å². The molecule has 5 heteroatoms. The fraction of sp³-hybridized carbons (Fsp3) is 0.462. The Balaban J connectivity index is 3.33. The second-order valence-corrected chi connectivity index (χ2v) is 6.49. The van der Waals surface area contributed by atoms with E-state index in [1.54, 1.807) is 19.9 Å². The number of aromatic carboxylic acids is 1. The number of hydrogen-bond acceptors (Lipinski definition) is 3. The first-order valence-electron chi connectivity index (χ1n) is 5.87. The second-order valence-electron chi connectivity index (χ2n) is 4.41. The Hall–Kier alpha value is -1.36. The maximum atomic E-state index is 12.1. The van der Waals surface area contributed by atoms with Gasteiger partial charge in [-0.3, -0.25) is 0 Å². The van der Waals surface area contributed by atoms with E-state index in [0.717, 1.165) is 6.42 Å². The molecule has 0 aromatic heterocycles. The zero-order valence-electron chi connectivity index (χ0n) is 10.9. The van der Waals surface area contributed by atoms with Gasteiger partial charge in [-0.2, -0.15) is 0 Å². The summed E-state index contributed by atoms with van der Waals surface area (Å²) < 4.78 is 24.2. The van der Waals surface area contributed by atoms with Crippen LogP contribution in [-0.4, -0.2) is 25.2 Å². The van der Waals surface area contributed by atoms with Crippen LogP contribution in [0.15, 0.2) is 17.0 Å². The minimum Gasteiger partial charge on any atom is -0.478 e. The van der Waals surface area contributed by atoms with E-state index >= 15 is 0 Å². The van der Waals surface area contributed by atoms with Gasteiger partial charge in [-0.25, -0.2) is 13.2 Å². The Morgan fingerprint density at radius 1 is 1.22 bits per heavy atom. The van der Waals surface area contributed by atoms with Gasteiger partial charge in [-0.1, -0.05) is 19.4 Å².